The third-order valence-corrected chi connectivity index (χ3v) is 2.51. The van der Waals surface area contributed by atoms with E-state index in [1.165, 1.54) is 18.3 Å². The first kappa shape index (κ1) is 17.6. The van der Waals surface area contributed by atoms with Crippen LogP contribution in [0.5, 0.6) is 5.75 Å². The van der Waals surface area contributed by atoms with Gasteiger partial charge in [0.2, 0.25) is 0 Å². The van der Waals surface area contributed by atoms with E-state index in [4.69, 9.17) is 4.74 Å². The number of hydrogen-bond acceptors (Lipinski definition) is 5. The number of amides is 2. The van der Waals surface area contributed by atoms with E-state index >= 15 is 0 Å². The summed E-state index contributed by atoms with van der Waals surface area (Å²) in [5, 5.41) is 15.4. The Hall–Kier alpha value is -2.41. The number of hydrogen-bond donors (Lipinski definition) is 3. The lowest BCUT2D eigenvalue weighted by atomic mass is 10.2. The lowest BCUT2D eigenvalue weighted by Crippen LogP contribution is -2.38. The predicted octanol–water partition coefficient (Wildman–Crippen LogP) is 0.774. The van der Waals surface area contributed by atoms with Crippen LogP contribution in [-0.4, -0.2) is 42.4 Å². The number of phenolic OH excluding ortho intramolecular Hbond substituents is 1. The molecule has 0 atom stereocenters. The van der Waals surface area contributed by atoms with Crippen molar-refractivity contribution in [1.29, 1.82) is 0 Å². The van der Waals surface area contributed by atoms with E-state index in [1.54, 1.807) is 12.1 Å². The van der Waals surface area contributed by atoms with Gasteiger partial charge >= 0.3 is 11.8 Å². The van der Waals surface area contributed by atoms with Crippen LogP contribution in [0.2, 0.25) is 0 Å². The van der Waals surface area contributed by atoms with Crippen LogP contribution in [0.4, 0.5) is 0 Å². The van der Waals surface area contributed by atoms with Crippen molar-refractivity contribution < 1.29 is 19.4 Å². The summed E-state index contributed by atoms with van der Waals surface area (Å²) < 4.78 is 5.31. The quantitative estimate of drug-likeness (QED) is 0.300. The molecule has 7 nitrogen and oxygen atoms in total. The van der Waals surface area contributed by atoms with Crippen molar-refractivity contribution in [2.75, 3.05) is 13.2 Å². The fraction of sp³-hybridized carbons (Fsp3) is 0.400. The maximum absolute atomic E-state index is 11.5. The van der Waals surface area contributed by atoms with Crippen molar-refractivity contribution in [3.05, 3.63) is 29.8 Å². The van der Waals surface area contributed by atoms with Gasteiger partial charge < -0.3 is 15.2 Å². The van der Waals surface area contributed by atoms with E-state index < -0.39 is 11.8 Å². The van der Waals surface area contributed by atoms with Gasteiger partial charge in [-0.05, 0) is 38.0 Å². The van der Waals surface area contributed by atoms with Crippen LogP contribution < -0.4 is 10.7 Å². The second kappa shape index (κ2) is 9.51. The summed E-state index contributed by atoms with van der Waals surface area (Å²) in [6.07, 6.45) is 2.11. The number of hydrazone groups is 1. The van der Waals surface area contributed by atoms with E-state index in [0.717, 1.165) is 0 Å². The molecule has 0 saturated heterocycles. The fourth-order valence-electron chi connectivity index (χ4n) is 1.49. The summed E-state index contributed by atoms with van der Waals surface area (Å²) in [6.45, 7) is 4.73. The maximum Gasteiger partial charge on any atom is 0.329 e. The van der Waals surface area contributed by atoms with Gasteiger partial charge in [-0.2, -0.15) is 5.10 Å². The van der Waals surface area contributed by atoms with Crippen LogP contribution in [-0.2, 0) is 14.3 Å². The minimum absolute atomic E-state index is 0.0941. The largest absolute Gasteiger partial charge is 0.508 e. The highest BCUT2D eigenvalue weighted by atomic mass is 16.5. The Balaban J connectivity index is 2.25. The first-order chi connectivity index (χ1) is 10.5. The molecule has 1 aromatic rings. The Kier molecular flexibility index (Phi) is 7.63. The molecule has 2 amide bonds. The second-order valence-corrected chi connectivity index (χ2v) is 4.82. The zero-order valence-electron chi connectivity index (χ0n) is 12.7. The van der Waals surface area contributed by atoms with Crippen molar-refractivity contribution in [2.45, 2.75) is 26.4 Å². The molecular formula is C15H21N3O4. The average Bonchev–Trinajstić information content (AvgIpc) is 2.46. The standard InChI is InChI=1S/C15H21N3O4/c1-11(2)22-8-4-7-16-14(20)15(21)18-17-10-12-5-3-6-13(19)9-12/h3,5-6,9-11,19H,4,7-8H2,1-2H3,(H,16,20)(H,18,21)/b17-10-. The summed E-state index contributed by atoms with van der Waals surface area (Å²) >= 11 is 0. The average molecular weight is 307 g/mol. The first-order valence-electron chi connectivity index (χ1n) is 7.01. The van der Waals surface area contributed by atoms with Crippen LogP contribution in [0.15, 0.2) is 29.4 Å². The highest BCUT2D eigenvalue weighted by Crippen LogP contribution is 2.08. The number of nitrogens with one attached hydrogen (secondary N) is 2. The third kappa shape index (κ3) is 7.39. The van der Waals surface area contributed by atoms with Gasteiger partial charge in [-0.3, -0.25) is 9.59 Å². The Morgan fingerprint density at radius 1 is 1.36 bits per heavy atom. The molecule has 3 N–H and O–H groups in total. The summed E-state index contributed by atoms with van der Waals surface area (Å²) in [6, 6.07) is 6.34. The molecule has 120 valence electrons. The maximum atomic E-state index is 11.5. The molecule has 0 spiro atoms. The number of aromatic hydroxyl groups is 1. The van der Waals surface area contributed by atoms with Gasteiger partial charge in [0.15, 0.2) is 0 Å². The molecule has 0 fully saturated rings. The van der Waals surface area contributed by atoms with Gasteiger partial charge in [0.05, 0.1) is 12.3 Å². The number of carbonyl (C=O) groups excluding carboxylic acids is 2. The zero-order chi connectivity index (χ0) is 16.4. The summed E-state index contributed by atoms with van der Waals surface area (Å²) in [4.78, 5) is 22.9. The Labute approximate surface area is 129 Å². The zero-order valence-corrected chi connectivity index (χ0v) is 12.7. The summed E-state index contributed by atoms with van der Waals surface area (Å²) in [5.74, 6) is -1.50. The Bertz CT molecular complexity index is 529. The molecule has 0 saturated carbocycles. The molecule has 0 unspecified atom stereocenters. The van der Waals surface area contributed by atoms with E-state index in [-0.39, 0.29) is 11.9 Å². The number of ether oxygens (including phenoxy) is 1. The summed E-state index contributed by atoms with van der Waals surface area (Å²) in [7, 11) is 0. The molecule has 0 radical (unpaired) electrons. The smallest absolute Gasteiger partial charge is 0.329 e. The molecule has 22 heavy (non-hydrogen) atoms. The molecule has 0 aliphatic carbocycles. The summed E-state index contributed by atoms with van der Waals surface area (Å²) in [5.41, 5.74) is 2.72. The van der Waals surface area contributed by atoms with Gasteiger partial charge in [-0.25, -0.2) is 5.43 Å². The number of carbonyl (C=O) groups is 2. The van der Waals surface area contributed by atoms with Crippen molar-refractivity contribution in [1.82, 2.24) is 10.7 Å². The van der Waals surface area contributed by atoms with E-state index in [0.29, 0.717) is 25.1 Å². The molecule has 0 aromatic heterocycles. The highest BCUT2D eigenvalue weighted by Gasteiger charge is 2.11. The van der Waals surface area contributed by atoms with E-state index in [2.05, 4.69) is 15.8 Å². The normalized spacial score (nSPS) is 10.9. The van der Waals surface area contributed by atoms with Crippen molar-refractivity contribution in [2.24, 2.45) is 5.10 Å². The van der Waals surface area contributed by atoms with Gasteiger partial charge in [-0.15, -0.1) is 0 Å². The monoisotopic (exact) mass is 307 g/mol. The number of rotatable bonds is 7. The van der Waals surface area contributed by atoms with Crippen molar-refractivity contribution in [3.8, 4) is 5.75 Å². The Morgan fingerprint density at radius 2 is 2.14 bits per heavy atom. The van der Waals surface area contributed by atoms with Crippen LogP contribution in [0, 0.1) is 0 Å². The molecule has 0 aliphatic heterocycles. The number of benzene rings is 1. The lowest BCUT2D eigenvalue weighted by molar-refractivity contribution is -0.139. The molecule has 0 aliphatic rings. The van der Waals surface area contributed by atoms with Gasteiger partial charge in [0.1, 0.15) is 5.75 Å². The van der Waals surface area contributed by atoms with Gasteiger partial charge in [0.25, 0.3) is 0 Å². The SMILES string of the molecule is CC(C)OCCCNC(=O)C(=O)N/N=C\c1cccc(O)c1. The minimum atomic E-state index is -0.846. The number of phenols is 1. The van der Waals surface area contributed by atoms with Crippen molar-refractivity contribution >= 4 is 18.0 Å². The molecule has 0 heterocycles. The first-order valence-corrected chi connectivity index (χ1v) is 7.01. The molecular weight excluding hydrogens is 286 g/mol. The molecule has 0 bridgehead atoms. The molecule has 7 heteroatoms. The second-order valence-electron chi connectivity index (χ2n) is 4.82. The lowest BCUT2D eigenvalue weighted by Gasteiger charge is -2.07. The highest BCUT2D eigenvalue weighted by molar-refractivity contribution is 6.35. The van der Waals surface area contributed by atoms with Crippen LogP contribution in [0.1, 0.15) is 25.8 Å². The van der Waals surface area contributed by atoms with E-state index in [1.807, 2.05) is 13.8 Å². The van der Waals surface area contributed by atoms with Crippen molar-refractivity contribution in [3.63, 3.8) is 0 Å². The van der Waals surface area contributed by atoms with Crippen LogP contribution >= 0.6 is 0 Å². The van der Waals surface area contributed by atoms with Crippen LogP contribution in [0.3, 0.4) is 0 Å². The van der Waals surface area contributed by atoms with E-state index in [9.17, 15) is 14.7 Å². The fourth-order valence-corrected chi connectivity index (χ4v) is 1.49. The predicted molar refractivity (Wildman–Crippen MR) is 82.6 cm³/mol. The molecule has 1 aromatic carbocycles. The van der Waals surface area contributed by atoms with Gasteiger partial charge in [0, 0.05) is 13.2 Å². The molecule has 1 rings (SSSR count). The number of nitrogens with zero attached hydrogens (tertiary/aromatic N) is 1. The van der Waals surface area contributed by atoms with Gasteiger partial charge in [-0.1, -0.05) is 12.1 Å². The third-order valence-electron chi connectivity index (χ3n) is 2.51. The Morgan fingerprint density at radius 3 is 2.82 bits per heavy atom. The minimum Gasteiger partial charge on any atom is -0.508 e. The van der Waals surface area contributed by atoms with Crippen LogP contribution in [0.25, 0.3) is 0 Å². The topological polar surface area (TPSA) is 100 Å².